The van der Waals surface area contributed by atoms with Crippen LogP contribution in [0.1, 0.15) is 89.0 Å². The number of unbranched alkanes of at least 4 members (excludes halogenated alkanes) is 2. The maximum Gasteiger partial charge on any atom is 0.374 e. The van der Waals surface area contributed by atoms with E-state index in [4.69, 9.17) is 71.5 Å². The van der Waals surface area contributed by atoms with Crippen molar-refractivity contribution < 1.29 is 76.0 Å². The molecule has 656 valence electrons. The molecule has 31 heteroatoms. The number of aromatic amines is 2. The number of H-pyrrole nitrogens is 2. The minimum absolute atomic E-state index is 0.0575. The number of esters is 2. The summed E-state index contributed by atoms with van der Waals surface area (Å²) < 4.78 is 36.7. The average Bonchev–Trinajstić information content (AvgIpc) is 1.64. The van der Waals surface area contributed by atoms with Crippen LogP contribution in [0.5, 0.6) is 0 Å². The Morgan fingerprint density at radius 1 is 0.468 bits per heavy atom. The number of nitrogen functional groups attached to an aromatic ring is 1. The number of fused-ring (bicyclic) bond motifs is 7. The molecule has 14 rings (SSSR count). The number of aryl methyl sites for hydroxylation is 2. The fraction of sp³-hybridized carbons (Fsp3) is 0.323. The topological polar surface area (TPSA) is 416 Å². The minimum atomic E-state index is -0.787. The molecule has 0 saturated carbocycles. The van der Waals surface area contributed by atoms with E-state index in [0.29, 0.717) is 82.2 Å². The van der Waals surface area contributed by atoms with Crippen LogP contribution in [-0.2, 0) is 56.5 Å². The number of hydrogen-bond donors (Lipinski definition) is 13. The summed E-state index contributed by atoms with van der Waals surface area (Å²) in [7, 11) is 15.1. The summed E-state index contributed by atoms with van der Waals surface area (Å²) in [5, 5.41) is 57.1. The van der Waals surface area contributed by atoms with E-state index < -0.39 is 17.9 Å². The van der Waals surface area contributed by atoms with E-state index in [1.165, 1.54) is 21.9 Å². The van der Waals surface area contributed by atoms with Gasteiger partial charge in [-0.2, -0.15) is 0 Å². The number of nitrogens with one attached hydrogen (secondary N) is 7. The predicted molar refractivity (Wildman–Crippen MR) is 488 cm³/mol. The van der Waals surface area contributed by atoms with E-state index >= 15 is 0 Å². The molecule has 2 amide bonds. The molecule has 0 aliphatic rings. The standard InChI is InChI=1S/C25H28N4O2.C15H18N2O4.C13H15N3.C13H18N2O2.C12H14N2O3.C11H11NO3.C4H9NO2/c1-26-20-6-8-24-23(15-20)18(16-28-24)5-3-4-11-29(2)12-10-27-21-7-9-25-19(13-21)14-22(17-30)31-25;1-4-20-15(19)13-8-10-7-11(5-6-12(10)21-13)16-14(18)9-17(2)3;1-15-11-5-6-13-12(8-11)10(9-16-13)4-2-3-7-14;1-15(2)6-5-14-11-3-4-13-10(7-11)8-12(9-16)17-13;1-13-6-12(16)14-9-2-3-11-8(4-9)5-10(7-15)17-11;1-2-14-11(13)10-6-7-5-8(12)3-4-9(7)15-10;1-5(2)3-4(6)7/h6-9,13-16,27-28,30H,3-5,10-12,17H2,2H3;5-8H,4,9H2,1-3H3,(H,16,18);5-6,8-9,16H,2-4,7,14H2;3-4,7-8,14,16H,5-6,9H2,1-2H3;2-5,13,15H,6-7H2,1H3,(H,14,16);3-6H,2,12H2,1H3;3H2,1-2H3,(H,6,7). The highest BCUT2D eigenvalue weighted by atomic mass is 16.5. The Labute approximate surface area is 719 Å². The molecule has 0 unspecified atom stereocenters. The van der Waals surface area contributed by atoms with Crippen LogP contribution in [0.3, 0.4) is 0 Å². The van der Waals surface area contributed by atoms with E-state index in [1.807, 2.05) is 105 Å². The lowest BCUT2D eigenvalue weighted by Gasteiger charge is -2.17. The van der Waals surface area contributed by atoms with Gasteiger partial charge in [-0.25, -0.2) is 19.3 Å². The molecule has 15 N–H and O–H groups in total. The monoisotopic (exact) mass is 1700 g/mol. The van der Waals surface area contributed by atoms with E-state index in [-0.39, 0.29) is 56.2 Å². The summed E-state index contributed by atoms with van der Waals surface area (Å²) in [6.45, 7) is 24.3. The number of nitrogens with two attached hydrogens (primary N) is 2. The third-order valence-corrected chi connectivity index (χ3v) is 18.6. The summed E-state index contributed by atoms with van der Waals surface area (Å²) in [5.41, 5.74) is 24.9. The molecule has 31 nitrogen and oxygen atoms in total. The predicted octanol–water partition coefficient (Wildman–Crippen LogP) is 15.2. The number of amides is 2. The van der Waals surface area contributed by atoms with E-state index in [0.717, 1.165) is 138 Å². The fourth-order valence-electron chi connectivity index (χ4n) is 12.7. The van der Waals surface area contributed by atoms with Gasteiger partial charge in [0.2, 0.25) is 23.3 Å². The molecular weight excluding hydrogens is 1580 g/mol. The van der Waals surface area contributed by atoms with E-state index in [2.05, 4.69) is 89.4 Å². The first kappa shape index (κ1) is 96.2. The SMILES string of the molecule is CCOC(=O)c1cc2cc(N)ccc2o1.CCOC(=O)c1cc2cc(NC(=O)CN(C)C)ccc2o1.CN(C)CC(=O)O.CN(C)CCNc1ccc2oc(CO)cc2c1.CNCC(=O)Nc1ccc2oc(CO)cc2c1.[C-]#[N+]c1ccc2[nH]cc(CCCCN(C)CCNc3ccc4oc(CO)cc4c3)c2c1.[C-]#[N+]c1ccc2[nH]cc(CCCCN)c2c1. The number of carboxylic acids is 1. The number of nitrogens with zero attached hydrogens (tertiary/aromatic N) is 6. The van der Waals surface area contributed by atoms with Gasteiger partial charge in [-0.1, -0.05) is 12.1 Å². The number of likely N-dealkylation sites (N-methyl/N-ethyl adjacent to an activating group) is 5. The minimum Gasteiger partial charge on any atom is -0.480 e. The van der Waals surface area contributed by atoms with Gasteiger partial charge in [-0.05, 0) is 289 Å². The highest BCUT2D eigenvalue weighted by molar-refractivity contribution is 5.98. The summed E-state index contributed by atoms with van der Waals surface area (Å²) in [6.07, 6.45) is 10.6. The first-order valence-electron chi connectivity index (χ1n) is 40.5. The number of aliphatic carboxylic acids is 1. The van der Waals surface area contributed by atoms with E-state index in [9.17, 15) is 29.1 Å². The van der Waals surface area contributed by atoms with Gasteiger partial charge < -0.3 is 115 Å². The summed E-state index contributed by atoms with van der Waals surface area (Å²) >= 11 is 0. The van der Waals surface area contributed by atoms with Gasteiger partial charge in [0.1, 0.15) is 65.0 Å². The molecule has 7 heterocycles. The van der Waals surface area contributed by atoms with Gasteiger partial charge in [-0.3, -0.25) is 19.3 Å². The van der Waals surface area contributed by atoms with Crippen LogP contribution in [0.2, 0.25) is 0 Å². The summed E-state index contributed by atoms with van der Waals surface area (Å²) in [5.74, 6) is 0.131. The number of rotatable bonds is 32. The number of aliphatic hydroxyl groups excluding tert-OH is 3. The van der Waals surface area contributed by atoms with Gasteiger partial charge in [0.05, 0.1) is 46.0 Å². The van der Waals surface area contributed by atoms with Crippen LogP contribution in [-0.4, -0.2) is 208 Å². The van der Waals surface area contributed by atoms with Gasteiger partial charge in [-0.15, -0.1) is 0 Å². The second kappa shape index (κ2) is 49.6. The fourth-order valence-corrected chi connectivity index (χ4v) is 12.7. The zero-order valence-electron chi connectivity index (χ0n) is 71.8. The lowest BCUT2D eigenvalue weighted by atomic mass is 10.1. The van der Waals surface area contributed by atoms with Crippen LogP contribution in [0.15, 0.2) is 192 Å². The Morgan fingerprint density at radius 2 is 0.879 bits per heavy atom. The number of ether oxygens (including phenoxy) is 2. The smallest absolute Gasteiger partial charge is 0.374 e. The van der Waals surface area contributed by atoms with Crippen molar-refractivity contribution in [3.8, 4) is 0 Å². The summed E-state index contributed by atoms with van der Waals surface area (Å²) in [4.78, 5) is 77.2. The van der Waals surface area contributed by atoms with Crippen LogP contribution in [0.4, 0.5) is 39.8 Å². The van der Waals surface area contributed by atoms with Gasteiger partial charge >= 0.3 is 17.9 Å². The number of carbonyl (C=O) groups excluding carboxylic acids is 4. The molecule has 0 bridgehead atoms. The molecule has 14 aromatic rings. The zero-order valence-corrected chi connectivity index (χ0v) is 71.8. The Morgan fingerprint density at radius 3 is 1.29 bits per heavy atom. The van der Waals surface area contributed by atoms with Crippen molar-refractivity contribution in [3.63, 3.8) is 0 Å². The molecule has 0 aliphatic carbocycles. The highest BCUT2D eigenvalue weighted by Gasteiger charge is 2.17. The number of benzene rings is 7. The molecule has 0 fully saturated rings. The molecule has 0 spiro atoms. The van der Waals surface area contributed by atoms with Crippen molar-refractivity contribution >= 4 is 146 Å². The molecular formula is C93H113N15O16. The van der Waals surface area contributed by atoms with E-state index in [1.54, 1.807) is 112 Å². The molecule has 7 aromatic carbocycles. The molecule has 0 aliphatic heterocycles. The molecule has 124 heavy (non-hydrogen) atoms. The molecule has 0 radical (unpaired) electrons. The number of anilines is 5. The number of hydrogen-bond acceptors (Lipinski definition) is 24. The molecule has 0 atom stereocenters. The zero-order chi connectivity index (χ0) is 89.6. The third kappa shape index (κ3) is 30.7. The first-order chi connectivity index (χ1) is 59.7. The Balaban J connectivity index is 0.000000185. The Hall–Kier alpha value is -13.3. The third-order valence-electron chi connectivity index (χ3n) is 18.6. The second-order valence-electron chi connectivity index (χ2n) is 29.6. The lowest BCUT2D eigenvalue weighted by Crippen LogP contribution is -2.26. The van der Waals surface area contributed by atoms with Crippen molar-refractivity contribution in [2.75, 3.05) is 155 Å². The number of aliphatic hydroxyl groups is 3. The highest BCUT2D eigenvalue weighted by Crippen LogP contribution is 2.31. The maximum atomic E-state index is 11.7. The lowest BCUT2D eigenvalue weighted by molar-refractivity contribution is -0.137. The van der Waals surface area contributed by atoms with Crippen molar-refractivity contribution in [2.24, 2.45) is 5.73 Å². The average molecular weight is 1700 g/mol. The molecule has 0 saturated heterocycles. The van der Waals surface area contributed by atoms with Crippen molar-refractivity contribution in [3.05, 3.63) is 233 Å². The van der Waals surface area contributed by atoms with Crippen molar-refractivity contribution in [1.82, 2.24) is 34.9 Å². The van der Waals surface area contributed by atoms with Crippen LogP contribution >= 0.6 is 0 Å². The van der Waals surface area contributed by atoms with Crippen molar-refractivity contribution in [2.45, 2.75) is 72.2 Å². The van der Waals surface area contributed by atoms with Gasteiger partial charge in [0, 0.05) is 105 Å². The molecule has 7 aromatic heterocycles. The number of carboxylic acid groups (broad SMARTS) is 1. The van der Waals surface area contributed by atoms with Crippen LogP contribution in [0.25, 0.3) is 86.3 Å². The normalized spacial score (nSPS) is 10.9. The maximum absolute atomic E-state index is 11.7. The van der Waals surface area contributed by atoms with Crippen LogP contribution in [0, 0.1) is 13.1 Å². The Kier molecular flexibility index (Phi) is 38.4. The first-order valence-corrected chi connectivity index (χ1v) is 40.5. The second-order valence-corrected chi connectivity index (χ2v) is 29.6. The summed E-state index contributed by atoms with van der Waals surface area (Å²) in [6, 6.07) is 48.0. The Bertz CT molecular complexity index is 5850. The quantitative estimate of drug-likeness (QED) is 0.00806. The van der Waals surface area contributed by atoms with Crippen LogP contribution < -0.4 is 38.1 Å². The largest absolute Gasteiger partial charge is 0.480 e. The van der Waals surface area contributed by atoms with Gasteiger partial charge in [0.25, 0.3) is 0 Å². The number of carbonyl (C=O) groups is 5. The number of furan rings is 5. The van der Waals surface area contributed by atoms with Gasteiger partial charge in [0.15, 0.2) is 11.4 Å². The van der Waals surface area contributed by atoms with Crippen molar-refractivity contribution in [1.29, 1.82) is 0 Å². The number of aromatic nitrogens is 2.